The van der Waals surface area contributed by atoms with Crippen LogP contribution in [0.1, 0.15) is 24.2 Å². The minimum atomic E-state index is -0.0618. The summed E-state index contributed by atoms with van der Waals surface area (Å²) in [5.41, 5.74) is 9.16. The number of hydrogen-bond acceptors (Lipinski definition) is 4. The molecule has 2 N–H and O–H groups in total. The standard InChI is InChI=1S/C17H17N3O/c1-12(2)10-17(21)13-8-9-16(15(18)11-13)20-19-14-6-4-3-5-7-14/h3-11H,18H2,1-2H3. The first-order valence-corrected chi connectivity index (χ1v) is 6.62. The van der Waals surface area contributed by atoms with Crippen LogP contribution in [0.2, 0.25) is 0 Å². The van der Waals surface area contributed by atoms with E-state index >= 15 is 0 Å². The van der Waals surface area contributed by atoms with Gasteiger partial charge < -0.3 is 5.73 Å². The third-order valence-corrected chi connectivity index (χ3v) is 2.76. The zero-order chi connectivity index (χ0) is 15.2. The summed E-state index contributed by atoms with van der Waals surface area (Å²) in [5, 5.41) is 8.22. The van der Waals surface area contributed by atoms with Gasteiger partial charge in [0.05, 0.1) is 11.4 Å². The van der Waals surface area contributed by atoms with Crippen molar-refractivity contribution in [2.75, 3.05) is 5.73 Å². The van der Waals surface area contributed by atoms with Crippen LogP contribution in [0.4, 0.5) is 17.1 Å². The van der Waals surface area contributed by atoms with E-state index in [9.17, 15) is 4.79 Å². The molecule has 106 valence electrons. The number of carbonyl (C=O) groups excluding carboxylic acids is 1. The number of rotatable bonds is 4. The molecule has 0 aliphatic heterocycles. The van der Waals surface area contributed by atoms with Gasteiger partial charge in [0.25, 0.3) is 0 Å². The number of nitrogen functional groups attached to an aromatic ring is 1. The molecule has 0 fully saturated rings. The van der Waals surface area contributed by atoms with E-state index in [1.807, 2.05) is 44.2 Å². The lowest BCUT2D eigenvalue weighted by atomic mass is 10.1. The summed E-state index contributed by atoms with van der Waals surface area (Å²) >= 11 is 0. The minimum Gasteiger partial charge on any atom is -0.397 e. The molecule has 0 heterocycles. The minimum absolute atomic E-state index is 0.0618. The summed E-state index contributed by atoms with van der Waals surface area (Å²) in [4.78, 5) is 11.9. The molecule has 4 nitrogen and oxygen atoms in total. The highest BCUT2D eigenvalue weighted by Crippen LogP contribution is 2.25. The topological polar surface area (TPSA) is 67.8 Å². The summed E-state index contributed by atoms with van der Waals surface area (Å²) in [6.07, 6.45) is 1.58. The van der Waals surface area contributed by atoms with Crippen molar-refractivity contribution in [3.8, 4) is 0 Å². The Bertz CT molecular complexity index is 699. The fraction of sp³-hybridized carbons (Fsp3) is 0.118. The molecule has 0 aliphatic rings. The van der Waals surface area contributed by atoms with Gasteiger partial charge >= 0.3 is 0 Å². The number of allylic oxidation sites excluding steroid dienone is 2. The highest BCUT2D eigenvalue weighted by molar-refractivity contribution is 6.05. The molecular weight excluding hydrogens is 262 g/mol. The number of ketones is 1. The van der Waals surface area contributed by atoms with Gasteiger partial charge in [-0.2, -0.15) is 5.11 Å². The Morgan fingerprint density at radius 1 is 1.05 bits per heavy atom. The van der Waals surface area contributed by atoms with Crippen LogP contribution in [0.25, 0.3) is 0 Å². The third kappa shape index (κ3) is 4.11. The Hall–Kier alpha value is -2.75. The predicted molar refractivity (Wildman–Crippen MR) is 85.2 cm³/mol. The maximum absolute atomic E-state index is 11.9. The molecule has 2 aromatic carbocycles. The van der Waals surface area contributed by atoms with E-state index in [4.69, 9.17) is 5.73 Å². The second kappa shape index (κ2) is 6.61. The summed E-state index contributed by atoms with van der Waals surface area (Å²) in [6.45, 7) is 3.76. The molecule has 0 unspecified atom stereocenters. The molecule has 0 spiro atoms. The Morgan fingerprint density at radius 2 is 1.76 bits per heavy atom. The van der Waals surface area contributed by atoms with Gasteiger partial charge in [0, 0.05) is 5.56 Å². The van der Waals surface area contributed by atoms with Gasteiger partial charge in [0.1, 0.15) is 5.69 Å². The van der Waals surface area contributed by atoms with Crippen LogP contribution in [0.5, 0.6) is 0 Å². The molecule has 0 saturated carbocycles. The second-order valence-electron chi connectivity index (χ2n) is 4.90. The quantitative estimate of drug-likeness (QED) is 0.377. The fourth-order valence-electron chi connectivity index (χ4n) is 1.75. The average Bonchev–Trinajstić information content (AvgIpc) is 2.46. The zero-order valence-corrected chi connectivity index (χ0v) is 12.1. The number of carbonyl (C=O) groups is 1. The largest absolute Gasteiger partial charge is 0.397 e. The van der Waals surface area contributed by atoms with Gasteiger partial charge in [-0.05, 0) is 50.3 Å². The van der Waals surface area contributed by atoms with E-state index in [0.717, 1.165) is 11.3 Å². The van der Waals surface area contributed by atoms with E-state index in [2.05, 4.69) is 10.2 Å². The van der Waals surface area contributed by atoms with Gasteiger partial charge in [-0.15, -0.1) is 5.11 Å². The van der Waals surface area contributed by atoms with E-state index in [0.29, 0.717) is 16.9 Å². The van der Waals surface area contributed by atoms with Gasteiger partial charge in [0.15, 0.2) is 5.78 Å². The lowest BCUT2D eigenvalue weighted by Crippen LogP contribution is -1.97. The lowest BCUT2D eigenvalue weighted by molar-refractivity contribution is 0.104. The van der Waals surface area contributed by atoms with Crippen LogP contribution in [0, 0.1) is 0 Å². The number of nitrogens with two attached hydrogens (primary N) is 1. The van der Waals surface area contributed by atoms with Crippen LogP contribution >= 0.6 is 0 Å². The van der Waals surface area contributed by atoms with E-state index < -0.39 is 0 Å². The number of hydrogen-bond donors (Lipinski definition) is 1. The molecule has 0 atom stereocenters. The Labute approximate surface area is 124 Å². The first kappa shape index (κ1) is 14.7. The van der Waals surface area contributed by atoms with E-state index in [1.165, 1.54) is 0 Å². The SMILES string of the molecule is CC(C)=CC(=O)c1ccc(N=Nc2ccccc2)c(N)c1. The van der Waals surface area contributed by atoms with Crippen molar-refractivity contribution in [2.45, 2.75) is 13.8 Å². The second-order valence-corrected chi connectivity index (χ2v) is 4.90. The summed E-state index contributed by atoms with van der Waals surface area (Å²) < 4.78 is 0. The summed E-state index contributed by atoms with van der Waals surface area (Å²) in [5.74, 6) is -0.0618. The van der Waals surface area contributed by atoms with Crippen LogP contribution in [-0.4, -0.2) is 5.78 Å². The molecular formula is C17H17N3O. The van der Waals surface area contributed by atoms with Crippen LogP contribution in [0.3, 0.4) is 0 Å². The molecule has 2 aromatic rings. The fourth-order valence-corrected chi connectivity index (χ4v) is 1.75. The van der Waals surface area contributed by atoms with Crippen molar-refractivity contribution in [1.82, 2.24) is 0 Å². The number of benzene rings is 2. The molecule has 21 heavy (non-hydrogen) atoms. The molecule has 4 heteroatoms. The molecule has 0 aliphatic carbocycles. The first-order chi connectivity index (χ1) is 10.1. The van der Waals surface area contributed by atoms with Crippen molar-refractivity contribution < 1.29 is 4.79 Å². The Balaban J connectivity index is 2.22. The first-order valence-electron chi connectivity index (χ1n) is 6.62. The predicted octanol–water partition coefficient (Wildman–Crippen LogP) is 4.83. The van der Waals surface area contributed by atoms with Crippen molar-refractivity contribution in [1.29, 1.82) is 0 Å². The Morgan fingerprint density at radius 3 is 2.38 bits per heavy atom. The molecule has 0 amide bonds. The van der Waals surface area contributed by atoms with Crippen molar-refractivity contribution in [3.63, 3.8) is 0 Å². The number of nitrogens with zero attached hydrogens (tertiary/aromatic N) is 2. The van der Waals surface area contributed by atoms with Gasteiger partial charge in [-0.3, -0.25) is 4.79 Å². The molecule has 0 aromatic heterocycles. The van der Waals surface area contributed by atoms with Gasteiger partial charge in [-0.25, -0.2) is 0 Å². The maximum Gasteiger partial charge on any atom is 0.185 e. The van der Waals surface area contributed by atoms with Gasteiger partial charge in [-0.1, -0.05) is 23.8 Å². The van der Waals surface area contributed by atoms with Crippen molar-refractivity contribution in [2.24, 2.45) is 10.2 Å². The normalized spacial score (nSPS) is 10.6. The summed E-state index contributed by atoms with van der Waals surface area (Å²) in [7, 11) is 0. The van der Waals surface area contributed by atoms with Crippen LogP contribution < -0.4 is 5.73 Å². The molecule has 0 bridgehead atoms. The lowest BCUT2D eigenvalue weighted by Gasteiger charge is -2.02. The molecule has 2 rings (SSSR count). The Kier molecular flexibility index (Phi) is 4.61. The third-order valence-electron chi connectivity index (χ3n) is 2.76. The molecule has 0 saturated heterocycles. The summed E-state index contributed by atoms with van der Waals surface area (Å²) in [6, 6.07) is 14.4. The molecule has 0 radical (unpaired) electrons. The van der Waals surface area contributed by atoms with E-state index in [1.54, 1.807) is 24.3 Å². The van der Waals surface area contributed by atoms with E-state index in [-0.39, 0.29) is 5.78 Å². The average molecular weight is 279 g/mol. The van der Waals surface area contributed by atoms with Crippen molar-refractivity contribution >= 4 is 22.8 Å². The highest BCUT2D eigenvalue weighted by atomic mass is 16.1. The maximum atomic E-state index is 11.9. The monoisotopic (exact) mass is 279 g/mol. The highest BCUT2D eigenvalue weighted by Gasteiger charge is 2.06. The number of anilines is 1. The zero-order valence-electron chi connectivity index (χ0n) is 12.1. The van der Waals surface area contributed by atoms with Crippen LogP contribution in [-0.2, 0) is 0 Å². The van der Waals surface area contributed by atoms with Crippen LogP contribution in [0.15, 0.2) is 70.4 Å². The van der Waals surface area contributed by atoms with Gasteiger partial charge in [0.2, 0.25) is 0 Å². The number of azo groups is 1. The van der Waals surface area contributed by atoms with Crippen molar-refractivity contribution in [3.05, 3.63) is 65.7 Å². The smallest absolute Gasteiger partial charge is 0.185 e.